The molecule has 0 atom stereocenters. The monoisotopic (exact) mass is 181 g/mol. The third-order valence-corrected chi connectivity index (χ3v) is 1.65. The van der Waals surface area contributed by atoms with Crippen LogP contribution in [0, 0.1) is 0 Å². The summed E-state index contributed by atoms with van der Waals surface area (Å²) < 4.78 is 5.40. The number of hydrogen-bond donors (Lipinski definition) is 1. The van der Waals surface area contributed by atoms with Gasteiger partial charge in [-0.3, -0.25) is 0 Å². The van der Waals surface area contributed by atoms with Crippen LogP contribution in [0.15, 0.2) is 12.4 Å². The van der Waals surface area contributed by atoms with Gasteiger partial charge in [0.15, 0.2) is 0 Å². The van der Waals surface area contributed by atoms with E-state index < -0.39 is 0 Å². The van der Waals surface area contributed by atoms with Gasteiger partial charge in [-0.1, -0.05) is 13.3 Å². The molecule has 4 heteroatoms. The van der Waals surface area contributed by atoms with Crippen molar-refractivity contribution in [1.82, 2.24) is 9.97 Å². The summed E-state index contributed by atoms with van der Waals surface area (Å²) in [6.45, 7) is 2.85. The summed E-state index contributed by atoms with van der Waals surface area (Å²) >= 11 is 0. The summed E-state index contributed by atoms with van der Waals surface area (Å²) in [6, 6.07) is 1.79. The predicted molar refractivity (Wildman–Crippen MR) is 52.0 cm³/mol. The second-order valence-corrected chi connectivity index (χ2v) is 2.69. The van der Waals surface area contributed by atoms with E-state index in [4.69, 9.17) is 4.74 Å². The quantitative estimate of drug-likeness (QED) is 0.702. The Hall–Kier alpha value is -1.32. The van der Waals surface area contributed by atoms with Crippen molar-refractivity contribution in [2.24, 2.45) is 0 Å². The Labute approximate surface area is 78.4 Å². The molecule has 0 fully saturated rings. The van der Waals surface area contributed by atoms with Crippen LogP contribution in [0.25, 0.3) is 0 Å². The van der Waals surface area contributed by atoms with Crippen molar-refractivity contribution in [2.75, 3.05) is 19.0 Å². The third-order valence-electron chi connectivity index (χ3n) is 1.65. The minimum atomic E-state index is 0.632. The fourth-order valence-corrected chi connectivity index (χ4v) is 0.876. The Morgan fingerprint density at radius 2 is 2.31 bits per heavy atom. The molecule has 13 heavy (non-hydrogen) atoms. The van der Waals surface area contributed by atoms with Crippen molar-refractivity contribution in [2.45, 2.75) is 19.8 Å². The first kappa shape index (κ1) is 9.77. The molecule has 0 radical (unpaired) electrons. The third kappa shape index (κ3) is 3.27. The summed E-state index contributed by atoms with van der Waals surface area (Å²) in [5.74, 6) is 1.41. The molecular weight excluding hydrogens is 166 g/mol. The molecule has 1 heterocycles. The van der Waals surface area contributed by atoms with Gasteiger partial charge in [-0.2, -0.15) is 0 Å². The maximum atomic E-state index is 5.40. The van der Waals surface area contributed by atoms with Gasteiger partial charge < -0.3 is 10.1 Å². The van der Waals surface area contributed by atoms with E-state index in [0.29, 0.717) is 5.88 Å². The number of rotatable bonds is 5. The maximum Gasteiger partial charge on any atom is 0.218 e. The van der Waals surface area contributed by atoms with Crippen molar-refractivity contribution in [1.29, 1.82) is 0 Å². The van der Waals surface area contributed by atoms with E-state index in [-0.39, 0.29) is 0 Å². The van der Waals surface area contributed by atoms with E-state index in [1.165, 1.54) is 6.33 Å². The molecule has 0 spiro atoms. The lowest BCUT2D eigenvalue weighted by atomic mass is 10.4. The Bertz CT molecular complexity index is 252. The van der Waals surface area contributed by atoms with Crippen LogP contribution < -0.4 is 10.1 Å². The van der Waals surface area contributed by atoms with Gasteiger partial charge in [0.05, 0.1) is 6.61 Å². The molecule has 4 nitrogen and oxygen atoms in total. The lowest BCUT2D eigenvalue weighted by molar-refractivity contribution is 0.297. The highest BCUT2D eigenvalue weighted by Gasteiger charge is 1.96. The van der Waals surface area contributed by atoms with Crippen molar-refractivity contribution in [3.63, 3.8) is 0 Å². The highest BCUT2D eigenvalue weighted by molar-refractivity contribution is 5.35. The molecule has 0 aliphatic rings. The summed E-state index contributed by atoms with van der Waals surface area (Å²) in [6.07, 6.45) is 3.68. The van der Waals surface area contributed by atoms with Gasteiger partial charge in [-0.15, -0.1) is 0 Å². The molecule has 0 bridgehead atoms. The average Bonchev–Trinajstić information content (AvgIpc) is 2.19. The van der Waals surface area contributed by atoms with Crippen LogP contribution in [-0.2, 0) is 0 Å². The largest absolute Gasteiger partial charge is 0.478 e. The van der Waals surface area contributed by atoms with Gasteiger partial charge in [0.25, 0.3) is 0 Å². The molecule has 0 aliphatic carbocycles. The number of aromatic nitrogens is 2. The van der Waals surface area contributed by atoms with Crippen LogP contribution >= 0.6 is 0 Å². The molecule has 1 rings (SSSR count). The van der Waals surface area contributed by atoms with Crippen LogP contribution in [0.4, 0.5) is 5.82 Å². The molecule has 0 aliphatic heterocycles. The van der Waals surface area contributed by atoms with Gasteiger partial charge >= 0.3 is 0 Å². The molecule has 1 aromatic heterocycles. The Balaban J connectivity index is 2.46. The normalized spacial score (nSPS) is 9.69. The molecule has 0 amide bonds. The van der Waals surface area contributed by atoms with Crippen LogP contribution in [-0.4, -0.2) is 23.6 Å². The van der Waals surface area contributed by atoms with E-state index in [1.807, 2.05) is 7.05 Å². The highest BCUT2D eigenvalue weighted by atomic mass is 16.5. The average molecular weight is 181 g/mol. The summed E-state index contributed by atoms with van der Waals surface area (Å²) in [4.78, 5) is 7.97. The van der Waals surface area contributed by atoms with Gasteiger partial charge in [0.1, 0.15) is 12.1 Å². The van der Waals surface area contributed by atoms with Crippen molar-refractivity contribution in [3.05, 3.63) is 12.4 Å². The van der Waals surface area contributed by atoms with Crippen LogP contribution in [0.1, 0.15) is 19.8 Å². The fraction of sp³-hybridized carbons (Fsp3) is 0.556. The van der Waals surface area contributed by atoms with Crippen molar-refractivity contribution >= 4 is 5.82 Å². The number of nitrogens with one attached hydrogen (secondary N) is 1. The Morgan fingerprint density at radius 3 is 3.00 bits per heavy atom. The molecule has 72 valence electrons. The zero-order valence-corrected chi connectivity index (χ0v) is 8.08. The molecule has 0 aromatic carbocycles. The highest BCUT2D eigenvalue weighted by Crippen LogP contribution is 2.10. The first-order valence-electron chi connectivity index (χ1n) is 4.49. The number of anilines is 1. The summed E-state index contributed by atoms with van der Waals surface area (Å²) in [5.41, 5.74) is 0. The first-order chi connectivity index (χ1) is 6.36. The van der Waals surface area contributed by atoms with Crippen molar-refractivity contribution in [3.8, 4) is 5.88 Å². The molecule has 0 saturated carbocycles. The van der Waals surface area contributed by atoms with E-state index >= 15 is 0 Å². The first-order valence-corrected chi connectivity index (χ1v) is 4.49. The molecule has 1 N–H and O–H groups in total. The second-order valence-electron chi connectivity index (χ2n) is 2.69. The fourth-order valence-electron chi connectivity index (χ4n) is 0.876. The topological polar surface area (TPSA) is 47.0 Å². The molecule has 0 unspecified atom stereocenters. The molecule has 1 aromatic rings. The minimum Gasteiger partial charge on any atom is -0.478 e. The number of hydrogen-bond acceptors (Lipinski definition) is 4. The SMILES string of the molecule is CCCCOc1cc(NC)ncn1. The second kappa shape index (κ2) is 5.35. The zero-order chi connectivity index (χ0) is 9.52. The molecular formula is C9H15N3O. The lowest BCUT2D eigenvalue weighted by Gasteiger charge is -2.04. The van der Waals surface area contributed by atoms with Crippen LogP contribution in [0.3, 0.4) is 0 Å². The van der Waals surface area contributed by atoms with E-state index in [0.717, 1.165) is 25.3 Å². The van der Waals surface area contributed by atoms with Gasteiger partial charge in [-0.05, 0) is 6.42 Å². The van der Waals surface area contributed by atoms with Crippen LogP contribution in [0.5, 0.6) is 5.88 Å². The molecule has 0 saturated heterocycles. The summed E-state index contributed by atoms with van der Waals surface area (Å²) in [7, 11) is 1.82. The van der Waals surface area contributed by atoms with Gasteiger partial charge in [0.2, 0.25) is 5.88 Å². The maximum absolute atomic E-state index is 5.40. The van der Waals surface area contributed by atoms with Crippen LogP contribution in [0.2, 0.25) is 0 Å². The van der Waals surface area contributed by atoms with Gasteiger partial charge in [0, 0.05) is 13.1 Å². The predicted octanol–water partition coefficient (Wildman–Crippen LogP) is 1.70. The van der Waals surface area contributed by atoms with E-state index in [2.05, 4.69) is 22.2 Å². The number of nitrogens with zero attached hydrogens (tertiary/aromatic N) is 2. The smallest absolute Gasteiger partial charge is 0.218 e. The number of unbranched alkanes of at least 4 members (excludes halogenated alkanes) is 1. The van der Waals surface area contributed by atoms with E-state index in [1.54, 1.807) is 6.07 Å². The zero-order valence-electron chi connectivity index (χ0n) is 8.08. The van der Waals surface area contributed by atoms with E-state index in [9.17, 15) is 0 Å². The standard InChI is InChI=1S/C9H15N3O/c1-3-4-5-13-9-6-8(10-2)11-7-12-9/h6-7H,3-5H2,1-2H3,(H,10,11,12). The summed E-state index contributed by atoms with van der Waals surface area (Å²) in [5, 5.41) is 2.93. The Kier molecular flexibility index (Phi) is 4.02. The Morgan fingerprint density at radius 1 is 1.46 bits per heavy atom. The lowest BCUT2D eigenvalue weighted by Crippen LogP contribution is -2.00. The number of ether oxygens (including phenoxy) is 1. The van der Waals surface area contributed by atoms with Crippen molar-refractivity contribution < 1.29 is 4.74 Å². The van der Waals surface area contributed by atoms with Gasteiger partial charge in [-0.25, -0.2) is 9.97 Å². The minimum absolute atomic E-state index is 0.632.